The molecule has 196 valence electrons. The predicted molar refractivity (Wildman–Crippen MR) is 156 cm³/mol. The molecule has 3 aromatic carbocycles. The molecule has 0 saturated carbocycles. The smallest absolute Gasteiger partial charge is 0.243 e. The Morgan fingerprint density at radius 1 is 0.919 bits per heavy atom. The van der Waals surface area contributed by atoms with Crippen molar-refractivity contribution in [2.24, 2.45) is 0 Å². The molecule has 1 unspecified atom stereocenters. The van der Waals surface area contributed by atoms with Gasteiger partial charge in [-0.15, -0.1) is 11.8 Å². The van der Waals surface area contributed by atoms with E-state index in [0.29, 0.717) is 40.9 Å². The molecule has 37 heavy (non-hydrogen) atoms. The molecule has 0 saturated heterocycles. The number of carbonyl (C=O) groups is 2. The highest BCUT2D eigenvalue weighted by Crippen LogP contribution is 2.25. The van der Waals surface area contributed by atoms with Gasteiger partial charge in [-0.25, -0.2) is 0 Å². The van der Waals surface area contributed by atoms with E-state index in [2.05, 4.69) is 5.32 Å². The van der Waals surface area contributed by atoms with Crippen molar-refractivity contribution in [3.05, 3.63) is 99.0 Å². The van der Waals surface area contributed by atoms with Crippen molar-refractivity contribution in [1.29, 1.82) is 0 Å². The van der Waals surface area contributed by atoms with Crippen LogP contribution in [-0.2, 0) is 22.6 Å². The lowest BCUT2D eigenvalue weighted by atomic mass is 10.0. The quantitative estimate of drug-likeness (QED) is 0.167. The van der Waals surface area contributed by atoms with Crippen LogP contribution in [0.3, 0.4) is 0 Å². The number of hydrogen-bond donors (Lipinski definition) is 1. The highest BCUT2D eigenvalue weighted by Gasteiger charge is 2.30. The van der Waals surface area contributed by atoms with Crippen LogP contribution in [0.2, 0.25) is 15.1 Å². The zero-order valence-electron chi connectivity index (χ0n) is 20.8. The van der Waals surface area contributed by atoms with Crippen LogP contribution in [0.5, 0.6) is 0 Å². The summed E-state index contributed by atoms with van der Waals surface area (Å²) in [5.41, 5.74) is 1.81. The number of benzene rings is 3. The number of rotatable bonds is 13. The lowest BCUT2D eigenvalue weighted by Gasteiger charge is -2.31. The summed E-state index contributed by atoms with van der Waals surface area (Å²) in [5.74, 6) is 0.546. The van der Waals surface area contributed by atoms with E-state index < -0.39 is 6.04 Å². The number of hydrogen-bond acceptors (Lipinski definition) is 3. The molecule has 0 aliphatic carbocycles. The third kappa shape index (κ3) is 9.57. The molecule has 0 aliphatic rings. The zero-order chi connectivity index (χ0) is 26.6. The first kappa shape index (κ1) is 29.4. The molecule has 3 aromatic rings. The van der Waals surface area contributed by atoms with Gasteiger partial charge >= 0.3 is 0 Å². The fourth-order valence-corrected chi connectivity index (χ4v) is 5.14. The van der Waals surface area contributed by atoms with Gasteiger partial charge in [0, 0.05) is 35.8 Å². The largest absolute Gasteiger partial charge is 0.354 e. The van der Waals surface area contributed by atoms with E-state index in [0.717, 1.165) is 28.2 Å². The molecule has 1 N–H and O–H groups in total. The molecule has 3 rings (SSSR count). The monoisotopic (exact) mass is 576 g/mol. The lowest BCUT2D eigenvalue weighted by molar-refractivity contribution is -0.141. The minimum absolute atomic E-state index is 0.0737. The van der Waals surface area contributed by atoms with Gasteiger partial charge in [0.2, 0.25) is 11.8 Å². The Hall–Kier alpha value is -2.18. The van der Waals surface area contributed by atoms with Crippen molar-refractivity contribution >= 4 is 58.4 Å². The summed E-state index contributed by atoms with van der Waals surface area (Å²) in [4.78, 5) is 29.8. The Morgan fingerprint density at radius 3 is 2.32 bits per heavy atom. The van der Waals surface area contributed by atoms with E-state index in [4.69, 9.17) is 34.8 Å². The third-order valence-electron chi connectivity index (χ3n) is 5.77. The van der Waals surface area contributed by atoms with Gasteiger partial charge in [-0.05, 0) is 66.1 Å². The number of halogens is 3. The van der Waals surface area contributed by atoms with Crippen molar-refractivity contribution in [2.75, 3.05) is 12.3 Å². The molecular formula is C29H31Cl3N2O2S. The molecule has 0 heterocycles. The van der Waals surface area contributed by atoms with Crippen LogP contribution < -0.4 is 5.32 Å². The first-order chi connectivity index (χ1) is 17.9. The maximum absolute atomic E-state index is 13.6. The Labute approximate surface area is 238 Å². The van der Waals surface area contributed by atoms with Crippen LogP contribution in [0.25, 0.3) is 0 Å². The standard InChI is InChI=1S/C29H31Cl3N2O2S/c1-2-16-33-29(36)27(19-21-7-4-3-5-8-21)34(20-22-10-15-25(31)26(32)18-22)28(35)9-6-17-37-24-13-11-23(30)12-14-24/h3-5,7-8,10-15,18,27H,2,6,9,16-17,19-20H2,1H3,(H,33,36). The fourth-order valence-electron chi connectivity index (χ4n) is 3.84. The molecule has 8 heteroatoms. The lowest BCUT2D eigenvalue weighted by Crippen LogP contribution is -2.50. The molecule has 1 atom stereocenters. The summed E-state index contributed by atoms with van der Waals surface area (Å²) in [6, 6.07) is 22.1. The molecule has 0 fully saturated rings. The summed E-state index contributed by atoms with van der Waals surface area (Å²) >= 11 is 20.0. The number of carbonyl (C=O) groups excluding carboxylic acids is 2. The summed E-state index contributed by atoms with van der Waals surface area (Å²) in [6.07, 6.45) is 2.24. The van der Waals surface area contributed by atoms with E-state index >= 15 is 0 Å². The minimum Gasteiger partial charge on any atom is -0.354 e. The highest BCUT2D eigenvalue weighted by atomic mass is 35.5. The van der Waals surface area contributed by atoms with Gasteiger partial charge in [0.05, 0.1) is 10.0 Å². The number of nitrogens with one attached hydrogen (secondary N) is 1. The van der Waals surface area contributed by atoms with Crippen LogP contribution in [0.1, 0.15) is 37.3 Å². The third-order valence-corrected chi connectivity index (χ3v) is 7.86. The second kappa shape index (κ2) is 15.3. The van der Waals surface area contributed by atoms with Gasteiger partial charge in [-0.3, -0.25) is 9.59 Å². The van der Waals surface area contributed by atoms with Crippen LogP contribution in [0.4, 0.5) is 0 Å². The first-order valence-corrected chi connectivity index (χ1v) is 14.4. The first-order valence-electron chi connectivity index (χ1n) is 12.3. The normalized spacial score (nSPS) is 11.7. The van der Waals surface area contributed by atoms with Gasteiger partial charge in [0.25, 0.3) is 0 Å². The molecule has 0 aromatic heterocycles. The molecule has 2 amide bonds. The minimum atomic E-state index is -0.653. The van der Waals surface area contributed by atoms with Crippen molar-refractivity contribution in [2.45, 2.75) is 50.1 Å². The second-order valence-electron chi connectivity index (χ2n) is 8.67. The Balaban J connectivity index is 1.79. The van der Waals surface area contributed by atoms with Crippen LogP contribution >= 0.6 is 46.6 Å². The Morgan fingerprint density at radius 2 is 1.65 bits per heavy atom. The molecule has 0 bridgehead atoms. The van der Waals surface area contributed by atoms with Gasteiger partial charge in [-0.2, -0.15) is 0 Å². The molecule has 0 radical (unpaired) electrons. The fraction of sp³-hybridized carbons (Fsp3) is 0.310. The van der Waals surface area contributed by atoms with E-state index in [1.54, 1.807) is 28.8 Å². The average molecular weight is 578 g/mol. The Bertz CT molecular complexity index is 1160. The van der Waals surface area contributed by atoms with Crippen molar-refractivity contribution in [3.63, 3.8) is 0 Å². The van der Waals surface area contributed by atoms with Crippen LogP contribution in [0.15, 0.2) is 77.7 Å². The van der Waals surface area contributed by atoms with E-state index in [-0.39, 0.29) is 18.4 Å². The van der Waals surface area contributed by atoms with E-state index in [9.17, 15) is 9.59 Å². The average Bonchev–Trinajstić information content (AvgIpc) is 2.90. The second-order valence-corrected chi connectivity index (χ2v) is 11.1. The van der Waals surface area contributed by atoms with Crippen LogP contribution in [0, 0.1) is 0 Å². The summed E-state index contributed by atoms with van der Waals surface area (Å²) < 4.78 is 0. The maximum atomic E-state index is 13.6. The molecule has 0 aliphatic heterocycles. The van der Waals surface area contributed by atoms with Crippen molar-refractivity contribution < 1.29 is 9.59 Å². The van der Waals surface area contributed by atoms with Crippen LogP contribution in [-0.4, -0.2) is 35.1 Å². The van der Waals surface area contributed by atoms with E-state index in [1.807, 2.05) is 67.6 Å². The van der Waals surface area contributed by atoms with Gasteiger partial charge in [0.15, 0.2) is 0 Å². The molecular weight excluding hydrogens is 547 g/mol. The van der Waals surface area contributed by atoms with Gasteiger partial charge < -0.3 is 10.2 Å². The number of thioether (sulfide) groups is 1. The van der Waals surface area contributed by atoms with Crippen molar-refractivity contribution in [1.82, 2.24) is 10.2 Å². The van der Waals surface area contributed by atoms with Gasteiger partial charge in [-0.1, -0.05) is 78.1 Å². The topological polar surface area (TPSA) is 49.4 Å². The highest BCUT2D eigenvalue weighted by molar-refractivity contribution is 7.99. The summed E-state index contributed by atoms with van der Waals surface area (Å²) in [6.45, 7) is 2.82. The van der Waals surface area contributed by atoms with Crippen molar-refractivity contribution in [3.8, 4) is 0 Å². The summed E-state index contributed by atoms with van der Waals surface area (Å²) in [7, 11) is 0. The Kier molecular flexibility index (Phi) is 12.1. The van der Waals surface area contributed by atoms with Gasteiger partial charge in [0.1, 0.15) is 6.04 Å². The zero-order valence-corrected chi connectivity index (χ0v) is 23.8. The number of amides is 2. The SMILES string of the molecule is CCCNC(=O)C(Cc1ccccc1)N(Cc1ccc(Cl)c(Cl)c1)C(=O)CCCSc1ccc(Cl)cc1. The predicted octanol–water partition coefficient (Wildman–Crippen LogP) is 7.69. The molecule has 4 nitrogen and oxygen atoms in total. The van der Waals surface area contributed by atoms with E-state index in [1.165, 1.54) is 0 Å². The molecule has 0 spiro atoms. The number of nitrogens with zero attached hydrogens (tertiary/aromatic N) is 1. The maximum Gasteiger partial charge on any atom is 0.243 e. The summed E-state index contributed by atoms with van der Waals surface area (Å²) in [5, 5.41) is 4.56.